The van der Waals surface area contributed by atoms with Gasteiger partial charge in [0.1, 0.15) is 18.2 Å². The monoisotopic (exact) mass is 377 g/mol. The molecule has 0 aliphatic carbocycles. The molecule has 0 saturated carbocycles. The maximum absolute atomic E-state index is 13.0. The number of amides is 1. The van der Waals surface area contributed by atoms with Crippen molar-refractivity contribution < 1.29 is 9.18 Å². The second kappa shape index (κ2) is 6.32. The number of hydrogen-bond acceptors (Lipinski definition) is 2. The van der Waals surface area contributed by atoms with Gasteiger partial charge in [0.2, 0.25) is 5.91 Å². The molecule has 1 amide bonds. The minimum atomic E-state index is -0.912. The van der Waals surface area contributed by atoms with Gasteiger partial charge >= 0.3 is 0 Å². The highest BCUT2D eigenvalue weighted by atomic mass is 35.5. The maximum Gasteiger partial charge on any atom is 0.242 e. The van der Waals surface area contributed by atoms with Crippen molar-refractivity contribution >= 4 is 40.1 Å². The average Bonchev–Trinajstić information content (AvgIpc) is 2.87. The number of halogens is 3. The summed E-state index contributed by atoms with van der Waals surface area (Å²) in [6.45, 7) is 0.437. The van der Waals surface area contributed by atoms with E-state index in [1.54, 1.807) is 23.0 Å². The number of carbonyl (C=O) groups excluding carboxylic acids is 1. The molecule has 2 aromatic heterocycles. The van der Waals surface area contributed by atoms with Crippen LogP contribution in [0.25, 0.3) is 22.2 Å². The third-order valence-electron chi connectivity index (χ3n) is 4.33. The molecule has 0 atom stereocenters. The molecule has 0 radical (unpaired) electrons. The minimum absolute atomic E-state index is 0.108. The summed E-state index contributed by atoms with van der Waals surface area (Å²) in [5.74, 6) is -0.129. The number of likely N-dealkylation sites (tertiary alicyclic amines) is 1. The largest absolute Gasteiger partial charge is 0.335 e. The number of alkyl halides is 1. The summed E-state index contributed by atoms with van der Waals surface area (Å²) >= 11 is 12.3. The summed E-state index contributed by atoms with van der Waals surface area (Å²) in [6, 6.07) is 9.40. The lowest BCUT2D eigenvalue weighted by Gasteiger charge is -2.34. The zero-order chi connectivity index (χ0) is 17.6. The van der Waals surface area contributed by atoms with Crippen molar-refractivity contribution in [1.82, 2.24) is 14.5 Å². The molecule has 1 aliphatic rings. The van der Waals surface area contributed by atoms with Gasteiger partial charge in [-0.15, -0.1) is 0 Å². The van der Waals surface area contributed by atoms with Crippen molar-refractivity contribution in [1.29, 1.82) is 0 Å². The topological polar surface area (TPSA) is 38.1 Å². The smallest absolute Gasteiger partial charge is 0.242 e. The van der Waals surface area contributed by atoms with Crippen LogP contribution in [0, 0.1) is 0 Å². The van der Waals surface area contributed by atoms with Crippen LogP contribution < -0.4 is 0 Å². The summed E-state index contributed by atoms with van der Waals surface area (Å²) in [7, 11) is 0. The molecule has 0 unspecified atom stereocenters. The van der Waals surface area contributed by atoms with Crippen LogP contribution in [0.4, 0.5) is 4.39 Å². The van der Waals surface area contributed by atoms with E-state index in [1.807, 2.05) is 24.3 Å². The van der Waals surface area contributed by atoms with Crippen molar-refractivity contribution in [2.24, 2.45) is 0 Å². The van der Waals surface area contributed by atoms with Gasteiger partial charge in [-0.25, -0.2) is 4.39 Å². The fourth-order valence-electron chi connectivity index (χ4n) is 2.95. The Hall–Kier alpha value is -2.11. The summed E-state index contributed by atoms with van der Waals surface area (Å²) in [6.07, 6.45) is 2.51. The van der Waals surface area contributed by atoms with Gasteiger partial charge in [0.25, 0.3) is 0 Å². The Morgan fingerprint density at radius 2 is 2.04 bits per heavy atom. The van der Waals surface area contributed by atoms with Crippen LogP contribution in [0.1, 0.15) is 0 Å². The van der Waals surface area contributed by atoms with E-state index in [0.717, 1.165) is 16.6 Å². The van der Waals surface area contributed by atoms with Crippen LogP contribution in [0.2, 0.25) is 10.0 Å². The van der Waals surface area contributed by atoms with E-state index in [1.165, 1.54) is 4.90 Å². The van der Waals surface area contributed by atoms with Crippen LogP contribution in [0.3, 0.4) is 0 Å². The predicted octanol–water partition coefficient (Wildman–Crippen LogP) is 4.19. The summed E-state index contributed by atoms with van der Waals surface area (Å²) in [5, 5.41) is 1.12. The second-order valence-corrected chi connectivity index (χ2v) is 6.95. The molecule has 0 N–H and O–H groups in total. The molecule has 25 heavy (non-hydrogen) atoms. The lowest BCUT2D eigenvalue weighted by molar-refractivity contribution is -0.138. The Kier molecular flexibility index (Phi) is 4.13. The van der Waals surface area contributed by atoms with Gasteiger partial charge in [-0.1, -0.05) is 35.3 Å². The van der Waals surface area contributed by atoms with Crippen LogP contribution in [-0.2, 0) is 11.3 Å². The van der Waals surface area contributed by atoms with E-state index >= 15 is 0 Å². The van der Waals surface area contributed by atoms with E-state index in [-0.39, 0.29) is 25.5 Å². The molecular weight excluding hydrogens is 364 g/mol. The molecule has 1 aliphatic heterocycles. The number of aromatic nitrogens is 2. The van der Waals surface area contributed by atoms with Crippen LogP contribution >= 0.6 is 23.2 Å². The Bertz CT molecular complexity index is 966. The zero-order valence-electron chi connectivity index (χ0n) is 13.1. The molecule has 1 aromatic carbocycles. The maximum atomic E-state index is 13.0. The van der Waals surface area contributed by atoms with Gasteiger partial charge in [-0.3, -0.25) is 9.78 Å². The first-order valence-corrected chi connectivity index (χ1v) is 8.59. The Morgan fingerprint density at radius 1 is 1.24 bits per heavy atom. The normalized spacial score (nSPS) is 14.8. The fourth-order valence-corrected chi connectivity index (χ4v) is 3.41. The quantitative estimate of drug-likeness (QED) is 0.686. The highest BCUT2D eigenvalue weighted by molar-refractivity contribution is 6.35. The molecule has 1 saturated heterocycles. The Labute approximate surface area is 153 Å². The van der Waals surface area contributed by atoms with Crippen molar-refractivity contribution in [3.05, 3.63) is 52.8 Å². The average molecular weight is 378 g/mol. The first-order chi connectivity index (χ1) is 12.0. The summed E-state index contributed by atoms with van der Waals surface area (Å²) < 4.78 is 14.7. The predicted molar refractivity (Wildman–Crippen MR) is 96.7 cm³/mol. The number of hydrogen-bond donors (Lipinski definition) is 0. The van der Waals surface area contributed by atoms with Gasteiger partial charge in [-0.2, -0.15) is 0 Å². The molecule has 3 heterocycles. The summed E-state index contributed by atoms with van der Waals surface area (Å²) in [4.78, 5) is 18.2. The van der Waals surface area contributed by atoms with E-state index in [2.05, 4.69) is 4.98 Å². The molecule has 4 nitrogen and oxygen atoms in total. The van der Waals surface area contributed by atoms with Gasteiger partial charge in [0.15, 0.2) is 0 Å². The third-order valence-corrected chi connectivity index (χ3v) is 4.84. The second-order valence-electron chi connectivity index (χ2n) is 6.10. The SMILES string of the molecule is O=C(Cn1cc(Cl)c2ncc(-c3cccc(Cl)c3)cc21)N1CC(F)C1. The number of rotatable bonds is 3. The molecule has 0 bridgehead atoms. The number of benzene rings is 1. The molecule has 128 valence electrons. The van der Waals surface area contributed by atoms with E-state index in [9.17, 15) is 9.18 Å². The van der Waals surface area contributed by atoms with Crippen molar-refractivity contribution in [2.75, 3.05) is 13.1 Å². The summed E-state index contributed by atoms with van der Waals surface area (Å²) in [5.41, 5.74) is 3.20. The van der Waals surface area contributed by atoms with Crippen molar-refractivity contribution in [3.8, 4) is 11.1 Å². The van der Waals surface area contributed by atoms with Gasteiger partial charge in [0.05, 0.1) is 23.6 Å². The number of pyridine rings is 1. The zero-order valence-corrected chi connectivity index (χ0v) is 14.6. The number of nitrogens with zero attached hydrogens (tertiary/aromatic N) is 3. The molecule has 7 heteroatoms. The van der Waals surface area contributed by atoms with E-state index in [0.29, 0.717) is 15.6 Å². The van der Waals surface area contributed by atoms with Gasteiger partial charge < -0.3 is 9.47 Å². The molecule has 1 fully saturated rings. The van der Waals surface area contributed by atoms with Crippen LogP contribution in [0.15, 0.2) is 42.7 Å². The minimum Gasteiger partial charge on any atom is -0.335 e. The highest BCUT2D eigenvalue weighted by Crippen LogP contribution is 2.29. The lowest BCUT2D eigenvalue weighted by atomic mass is 10.1. The first-order valence-electron chi connectivity index (χ1n) is 7.83. The molecule has 4 rings (SSSR count). The van der Waals surface area contributed by atoms with Crippen molar-refractivity contribution in [3.63, 3.8) is 0 Å². The third kappa shape index (κ3) is 3.10. The van der Waals surface area contributed by atoms with E-state index < -0.39 is 6.17 Å². The highest BCUT2D eigenvalue weighted by Gasteiger charge is 2.30. The molecule has 0 spiro atoms. The standard InChI is InChI=1S/C18H14Cl2FN3O/c19-13-3-1-2-11(4-13)12-5-16-18(22-6-12)15(20)9-23(16)10-17(25)24-7-14(21)8-24/h1-6,9,14H,7-8,10H2. The van der Waals surface area contributed by atoms with Gasteiger partial charge in [0, 0.05) is 23.0 Å². The number of carbonyl (C=O) groups is 1. The number of fused-ring (bicyclic) bond motifs is 1. The lowest BCUT2D eigenvalue weighted by Crippen LogP contribution is -2.52. The fraction of sp³-hybridized carbons (Fsp3) is 0.222. The molecule has 3 aromatic rings. The van der Waals surface area contributed by atoms with E-state index in [4.69, 9.17) is 23.2 Å². The van der Waals surface area contributed by atoms with Gasteiger partial charge in [-0.05, 0) is 23.8 Å². The van der Waals surface area contributed by atoms with Crippen LogP contribution in [0.5, 0.6) is 0 Å². The van der Waals surface area contributed by atoms with Crippen LogP contribution in [-0.4, -0.2) is 39.6 Å². The first kappa shape index (κ1) is 16.4. The molecular formula is C18H14Cl2FN3O. The Balaban J connectivity index is 1.70. The Morgan fingerprint density at radius 3 is 2.76 bits per heavy atom. The van der Waals surface area contributed by atoms with Crippen molar-refractivity contribution in [2.45, 2.75) is 12.7 Å².